The zero-order chi connectivity index (χ0) is 25.7. The van der Waals surface area contributed by atoms with E-state index in [0.29, 0.717) is 23.5 Å². The van der Waals surface area contributed by atoms with E-state index in [1.165, 1.54) is 81.7 Å². The van der Waals surface area contributed by atoms with Gasteiger partial charge in [-0.1, -0.05) is 76.2 Å². The minimum atomic E-state index is -1.54. The summed E-state index contributed by atoms with van der Waals surface area (Å²) < 4.78 is 70.2. The third kappa shape index (κ3) is 6.27. The van der Waals surface area contributed by atoms with Crippen molar-refractivity contribution < 1.29 is 22.0 Å². The van der Waals surface area contributed by atoms with Gasteiger partial charge >= 0.3 is 0 Å². The summed E-state index contributed by atoms with van der Waals surface area (Å²) in [5.41, 5.74) is 0.586. The predicted octanol–water partition coefficient (Wildman–Crippen LogP) is 9.25. The molecule has 190 valence electrons. The van der Waals surface area contributed by atoms with Crippen LogP contribution >= 0.6 is 0 Å². The summed E-state index contributed by atoms with van der Waals surface area (Å²) in [5.74, 6) is 1.01. The molecule has 36 heavy (non-hydrogen) atoms. The number of benzene rings is 3. The summed E-state index contributed by atoms with van der Waals surface area (Å²) in [4.78, 5) is 0. The molecule has 1 aliphatic rings. The summed E-state index contributed by atoms with van der Waals surface area (Å²) in [6, 6.07) is 7.59. The largest absolute Gasteiger partial charge is 0.206 e. The van der Waals surface area contributed by atoms with Gasteiger partial charge in [0.15, 0.2) is 17.5 Å². The normalized spacial score (nSPS) is 17.7. The second kappa shape index (κ2) is 11.9. The Hall–Kier alpha value is -2.87. The molecule has 5 heteroatoms. The van der Waals surface area contributed by atoms with Gasteiger partial charge in [-0.2, -0.15) is 0 Å². The SMILES string of the molecule is CCCCCC1CCC(CCc2cc(F)c(C#Cc3ccc4c(F)c(F)c(F)cc4c3)c(F)c2)CC1. The number of rotatable bonds is 7. The average molecular weight is 499 g/mol. The van der Waals surface area contributed by atoms with Gasteiger partial charge in [0, 0.05) is 10.9 Å². The smallest absolute Gasteiger partial charge is 0.195 e. The van der Waals surface area contributed by atoms with Gasteiger partial charge in [-0.05, 0) is 66.0 Å². The van der Waals surface area contributed by atoms with Gasteiger partial charge < -0.3 is 0 Å². The number of halogens is 5. The van der Waals surface area contributed by atoms with Gasteiger partial charge in [0.2, 0.25) is 0 Å². The zero-order valence-corrected chi connectivity index (χ0v) is 20.6. The van der Waals surface area contributed by atoms with Crippen LogP contribution in [-0.4, -0.2) is 0 Å². The number of hydrogen-bond acceptors (Lipinski definition) is 0. The molecule has 0 aromatic heterocycles. The summed E-state index contributed by atoms with van der Waals surface area (Å²) in [5, 5.41) is 0.0237. The van der Waals surface area contributed by atoms with Crippen molar-refractivity contribution >= 4 is 10.8 Å². The van der Waals surface area contributed by atoms with Crippen molar-refractivity contribution in [1.29, 1.82) is 0 Å². The van der Waals surface area contributed by atoms with E-state index in [4.69, 9.17) is 0 Å². The average Bonchev–Trinajstić information content (AvgIpc) is 2.86. The fourth-order valence-electron chi connectivity index (χ4n) is 5.27. The first kappa shape index (κ1) is 26.2. The highest BCUT2D eigenvalue weighted by Crippen LogP contribution is 2.34. The van der Waals surface area contributed by atoms with Crippen molar-refractivity contribution in [2.75, 3.05) is 0 Å². The zero-order valence-electron chi connectivity index (χ0n) is 20.6. The Balaban J connectivity index is 1.39. The molecule has 0 aliphatic heterocycles. The van der Waals surface area contributed by atoms with Crippen LogP contribution in [0.5, 0.6) is 0 Å². The standard InChI is InChI=1S/C31H31F5/c1-2-3-4-5-20-6-8-21(9-7-20)10-11-23-17-27(32)26(28(33)18-23)15-13-22-12-14-25-24(16-22)19-29(34)31(36)30(25)35/h12,14,16-21H,2-11H2,1H3. The molecule has 1 saturated carbocycles. The monoisotopic (exact) mass is 498 g/mol. The molecule has 1 fully saturated rings. The number of hydrogen-bond donors (Lipinski definition) is 0. The highest BCUT2D eigenvalue weighted by Gasteiger charge is 2.21. The molecule has 1 aliphatic carbocycles. The Labute approximate surface area is 209 Å². The van der Waals surface area contributed by atoms with E-state index in [0.717, 1.165) is 18.4 Å². The molecule has 0 radical (unpaired) electrons. The third-order valence-electron chi connectivity index (χ3n) is 7.43. The van der Waals surface area contributed by atoms with E-state index < -0.39 is 29.1 Å². The summed E-state index contributed by atoms with van der Waals surface area (Å²) in [6.45, 7) is 2.23. The Bertz CT molecular complexity index is 1250. The molecule has 3 aromatic carbocycles. The first-order valence-electron chi connectivity index (χ1n) is 12.9. The van der Waals surface area contributed by atoms with E-state index >= 15 is 0 Å². The Morgan fingerprint density at radius 2 is 1.39 bits per heavy atom. The number of unbranched alkanes of at least 4 members (excludes halogenated alkanes) is 2. The van der Waals surface area contributed by atoms with Crippen LogP contribution in [0.1, 0.15) is 81.4 Å². The van der Waals surface area contributed by atoms with Crippen LogP contribution in [0.2, 0.25) is 0 Å². The molecule has 0 saturated heterocycles. The van der Waals surface area contributed by atoms with Crippen LogP contribution in [0.15, 0.2) is 36.4 Å². The molecule has 0 atom stereocenters. The van der Waals surface area contributed by atoms with Crippen LogP contribution in [0.4, 0.5) is 22.0 Å². The fraction of sp³-hybridized carbons (Fsp3) is 0.419. The van der Waals surface area contributed by atoms with Crippen molar-refractivity contribution in [1.82, 2.24) is 0 Å². The molecule has 0 amide bonds. The lowest BCUT2D eigenvalue weighted by molar-refractivity contribution is 0.249. The fourth-order valence-corrected chi connectivity index (χ4v) is 5.27. The van der Waals surface area contributed by atoms with Gasteiger partial charge in [0.1, 0.15) is 11.6 Å². The molecular weight excluding hydrogens is 467 g/mol. The van der Waals surface area contributed by atoms with Gasteiger partial charge in [-0.25, -0.2) is 22.0 Å². The first-order chi connectivity index (χ1) is 17.4. The van der Waals surface area contributed by atoms with Crippen LogP contribution in [0, 0.1) is 52.8 Å². The lowest BCUT2D eigenvalue weighted by Crippen LogP contribution is -2.15. The van der Waals surface area contributed by atoms with Crippen LogP contribution < -0.4 is 0 Å². The Morgan fingerprint density at radius 3 is 2.06 bits per heavy atom. The molecule has 0 N–H and O–H groups in total. The van der Waals surface area contributed by atoms with E-state index in [1.807, 2.05) is 0 Å². The molecule has 0 heterocycles. The molecule has 0 bridgehead atoms. The highest BCUT2D eigenvalue weighted by atomic mass is 19.2. The maximum Gasteiger partial charge on any atom is 0.195 e. The van der Waals surface area contributed by atoms with Crippen LogP contribution in [0.3, 0.4) is 0 Å². The lowest BCUT2D eigenvalue weighted by atomic mass is 9.78. The minimum absolute atomic E-state index is 0.0915. The highest BCUT2D eigenvalue weighted by molar-refractivity contribution is 5.84. The van der Waals surface area contributed by atoms with Crippen LogP contribution in [0.25, 0.3) is 10.8 Å². The summed E-state index contributed by atoms with van der Waals surface area (Å²) >= 11 is 0. The van der Waals surface area contributed by atoms with Crippen molar-refractivity contribution in [3.63, 3.8) is 0 Å². The third-order valence-corrected chi connectivity index (χ3v) is 7.43. The van der Waals surface area contributed by atoms with E-state index in [1.54, 1.807) is 0 Å². The lowest BCUT2D eigenvalue weighted by Gasteiger charge is -2.28. The molecule has 0 unspecified atom stereocenters. The van der Waals surface area contributed by atoms with E-state index in [2.05, 4.69) is 18.8 Å². The van der Waals surface area contributed by atoms with Crippen LogP contribution in [-0.2, 0) is 6.42 Å². The van der Waals surface area contributed by atoms with Gasteiger partial charge in [-0.3, -0.25) is 0 Å². The summed E-state index contributed by atoms with van der Waals surface area (Å²) in [6.07, 6.45) is 11.7. The maximum atomic E-state index is 14.7. The molecule has 4 rings (SSSR count). The minimum Gasteiger partial charge on any atom is -0.206 e. The van der Waals surface area contributed by atoms with Gasteiger partial charge in [0.05, 0.1) is 5.56 Å². The number of aryl methyl sites for hydroxylation is 1. The van der Waals surface area contributed by atoms with Crippen molar-refractivity contribution in [2.45, 2.75) is 71.1 Å². The van der Waals surface area contributed by atoms with Crippen molar-refractivity contribution in [3.05, 3.63) is 82.2 Å². The Morgan fingerprint density at radius 1 is 0.722 bits per heavy atom. The molecule has 0 spiro atoms. The Kier molecular flexibility index (Phi) is 8.67. The van der Waals surface area contributed by atoms with E-state index in [9.17, 15) is 22.0 Å². The maximum absolute atomic E-state index is 14.7. The quantitative estimate of drug-likeness (QED) is 0.132. The van der Waals surface area contributed by atoms with Crippen molar-refractivity contribution in [2.24, 2.45) is 11.8 Å². The second-order valence-electron chi connectivity index (χ2n) is 10.0. The molecule has 3 aromatic rings. The van der Waals surface area contributed by atoms with E-state index in [-0.39, 0.29) is 16.3 Å². The summed E-state index contributed by atoms with van der Waals surface area (Å²) in [7, 11) is 0. The van der Waals surface area contributed by atoms with Crippen molar-refractivity contribution in [3.8, 4) is 11.8 Å². The molecular formula is C31H31F5. The molecule has 0 nitrogen and oxygen atoms in total. The number of fused-ring (bicyclic) bond motifs is 1. The first-order valence-corrected chi connectivity index (χ1v) is 12.9. The van der Waals surface area contributed by atoms with Gasteiger partial charge in [0.25, 0.3) is 0 Å². The predicted molar refractivity (Wildman–Crippen MR) is 134 cm³/mol. The van der Waals surface area contributed by atoms with Gasteiger partial charge in [-0.15, -0.1) is 0 Å². The topological polar surface area (TPSA) is 0 Å². The second-order valence-corrected chi connectivity index (χ2v) is 10.0.